The largest absolute Gasteiger partial charge is 0.365 e. The van der Waals surface area contributed by atoms with Crippen molar-refractivity contribution in [3.05, 3.63) is 17.8 Å². The first-order chi connectivity index (χ1) is 8.30. The monoisotopic (exact) mass is 248 g/mol. The molecule has 0 radical (unpaired) electrons. The average molecular weight is 248 g/mol. The van der Waals surface area contributed by atoms with Crippen molar-refractivity contribution in [2.24, 2.45) is 10.8 Å². The van der Waals surface area contributed by atoms with Gasteiger partial charge in [-0.25, -0.2) is 0 Å². The Hall–Kier alpha value is -1.65. The fourth-order valence-corrected chi connectivity index (χ4v) is 2.36. The van der Waals surface area contributed by atoms with Crippen molar-refractivity contribution in [3.63, 3.8) is 0 Å². The van der Waals surface area contributed by atoms with Crippen LogP contribution < -0.4 is 10.6 Å². The summed E-state index contributed by atoms with van der Waals surface area (Å²) in [5, 5.41) is 13.8. The average Bonchev–Trinajstić information content (AvgIpc) is 2.72. The lowest BCUT2D eigenvalue weighted by Crippen LogP contribution is -2.20. The normalized spacial score (nSPS) is 20.3. The number of hydrogen-bond acceptors (Lipinski definition) is 4. The topological polar surface area (TPSA) is 66.9 Å². The molecule has 0 unspecified atom stereocenters. The Balaban J connectivity index is 2.07. The van der Waals surface area contributed by atoms with E-state index in [1.54, 1.807) is 19.2 Å². The van der Waals surface area contributed by atoms with Crippen LogP contribution in [0.5, 0.6) is 0 Å². The molecule has 1 amide bonds. The van der Waals surface area contributed by atoms with Crippen LogP contribution in [0.3, 0.4) is 0 Å². The SMILES string of the molecule is CNC(=O)c1ccc(NC2C(C)(C)C2(C)C)nn1. The molecule has 1 aromatic heterocycles. The lowest BCUT2D eigenvalue weighted by molar-refractivity contribution is 0.0957. The third-order valence-corrected chi connectivity index (χ3v) is 4.44. The molecule has 0 bridgehead atoms. The van der Waals surface area contributed by atoms with E-state index < -0.39 is 0 Å². The summed E-state index contributed by atoms with van der Waals surface area (Å²) in [6.07, 6.45) is 0. The van der Waals surface area contributed by atoms with E-state index in [0.29, 0.717) is 17.6 Å². The van der Waals surface area contributed by atoms with E-state index in [9.17, 15) is 4.79 Å². The molecule has 0 aliphatic heterocycles. The molecular weight excluding hydrogens is 228 g/mol. The van der Waals surface area contributed by atoms with Gasteiger partial charge in [0.1, 0.15) is 5.82 Å². The highest BCUT2D eigenvalue weighted by Crippen LogP contribution is 2.63. The van der Waals surface area contributed by atoms with E-state index in [0.717, 1.165) is 0 Å². The summed E-state index contributed by atoms with van der Waals surface area (Å²) in [4.78, 5) is 11.3. The fourth-order valence-electron chi connectivity index (χ4n) is 2.36. The van der Waals surface area contributed by atoms with Crippen molar-refractivity contribution in [2.75, 3.05) is 12.4 Å². The number of nitrogens with zero attached hydrogens (tertiary/aromatic N) is 2. The molecule has 0 aromatic carbocycles. The molecule has 5 nitrogen and oxygen atoms in total. The number of anilines is 1. The minimum absolute atomic E-state index is 0.221. The van der Waals surface area contributed by atoms with Crippen LogP contribution in [0.4, 0.5) is 5.82 Å². The zero-order chi connectivity index (χ0) is 13.6. The number of rotatable bonds is 3. The number of carbonyl (C=O) groups is 1. The Kier molecular flexibility index (Phi) is 2.80. The van der Waals surface area contributed by atoms with Crippen LogP contribution in [0.25, 0.3) is 0 Å². The molecule has 1 aliphatic carbocycles. The maximum Gasteiger partial charge on any atom is 0.271 e. The van der Waals surface area contributed by atoms with Crippen LogP contribution in [0.15, 0.2) is 12.1 Å². The number of hydrogen-bond donors (Lipinski definition) is 2. The Bertz CT molecular complexity index is 450. The van der Waals surface area contributed by atoms with E-state index in [1.165, 1.54) is 0 Å². The van der Waals surface area contributed by atoms with Crippen molar-refractivity contribution in [1.82, 2.24) is 15.5 Å². The molecule has 1 fully saturated rings. The van der Waals surface area contributed by atoms with Gasteiger partial charge in [0.05, 0.1) is 0 Å². The highest BCUT2D eigenvalue weighted by molar-refractivity contribution is 5.91. The summed E-state index contributed by atoms with van der Waals surface area (Å²) in [5.41, 5.74) is 0.819. The predicted octanol–water partition coefficient (Wildman–Crippen LogP) is 1.68. The Labute approximate surface area is 107 Å². The molecular formula is C13H20N4O. The number of carbonyl (C=O) groups excluding carboxylic acids is 1. The van der Waals surface area contributed by atoms with Crippen molar-refractivity contribution in [2.45, 2.75) is 33.7 Å². The van der Waals surface area contributed by atoms with E-state index in [4.69, 9.17) is 0 Å². The molecule has 18 heavy (non-hydrogen) atoms. The highest BCUT2D eigenvalue weighted by Gasteiger charge is 2.65. The van der Waals surface area contributed by atoms with E-state index in [1.807, 2.05) is 0 Å². The first-order valence-corrected chi connectivity index (χ1v) is 6.13. The Morgan fingerprint density at radius 3 is 2.17 bits per heavy atom. The van der Waals surface area contributed by atoms with Gasteiger partial charge in [0.2, 0.25) is 0 Å². The highest BCUT2D eigenvalue weighted by atomic mass is 16.1. The van der Waals surface area contributed by atoms with Gasteiger partial charge in [0, 0.05) is 13.1 Å². The molecule has 1 saturated carbocycles. The zero-order valence-corrected chi connectivity index (χ0v) is 11.5. The second kappa shape index (κ2) is 3.93. The van der Waals surface area contributed by atoms with Gasteiger partial charge < -0.3 is 10.6 Å². The fraction of sp³-hybridized carbons (Fsp3) is 0.615. The van der Waals surface area contributed by atoms with Gasteiger partial charge in [-0.15, -0.1) is 10.2 Å². The van der Waals surface area contributed by atoms with Gasteiger partial charge in [-0.1, -0.05) is 27.7 Å². The summed E-state index contributed by atoms with van der Waals surface area (Å²) in [6.45, 7) is 8.93. The molecule has 98 valence electrons. The second-order valence-electron chi connectivity index (χ2n) is 5.90. The summed E-state index contributed by atoms with van der Waals surface area (Å²) in [5.74, 6) is 0.493. The van der Waals surface area contributed by atoms with Crippen LogP contribution in [-0.4, -0.2) is 29.2 Å². The smallest absolute Gasteiger partial charge is 0.271 e. The molecule has 1 aliphatic rings. The van der Waals surface area contributed by atoms with Crippen molar-refractivity contribution in [1.29, 1.82) is 0 Å². The van der Waals surface area contributed by atoms with Crippen molar-refractivity contribution in [3.8, 4) is 0 Å². The zero-order valence-electron chi connectivity index (χ0n) is 11.5. The van der Waals surface area contributed by atoms with Gasteiger partial charge in [0.15, 0.2) is 5.69 Å². The summed E-state index contributed by atoms with van der Waals surface area (Å²) < 4.78 is 0. The van der Waals surface area contributed by atoms with Crippen LogP contribution in [-0.2, 0) is 0 Å². The van der Waals surface area contributed by atoms with E-state index in [-0.39, 0.29) is 16.7 Å². The third kappa shape index (κ3) is 1.83. The molecule has 0 saturated heterocycles. The van der Waals surface area contributed by atoms with Gasteiger partial charge in [-0.05, 0) is 23.0 Å². The quantitative estimate of drug-likeness (QED) is 0.854. The van der Waals surface area contributed by atoms with E-state index >= 15 is 0 Å². The Morgan fingerprint density at radius 1 is 1.17 bits per heavy atom. The second-order valence-corrected chi connectivity index (χ2v) is 5.90. The summed E-state index contributed by atoms with van der Waals surface area (Å²) in [6, 6.07) is 3.85. The van der Waals surface area contributed by atoms with Crippen LogP contribution >= 0.6 is 0 Å². The van der Waals surface area contributed by atoms with Gasteiger partial charge in [-0.2, -0.15) is 0 Å². The first-order valence-electron chi connectivity index (χ1n) is 6.13. The molecule has 0 atom stereocenters. The third-order valence-electron chi connectivity index (χ3n) is 4.44. The summed E-state index contributed by atoms with van der Waals surface area (Å²) >= 11 is 0. The molecule has 2 rings (SSSR count). The van der Waals surface area contributed by atoms with Gasteiger partial charge in [-0.3, -0.25) is 4.79 Å². The van der Waals surface area contributed by atoms with Crippen LogP contribution in [0.2, 0.25) is 0 Å². The molecule has 1 aromatic rings. The summed E-state index contributed by atoms with van der Waals surface area (Å²) in [7, 11) is 1.57. The minimum Gasteiger partial charge on any atom is -0.365 e. The lowest BCUT2D eigenvalue weighted by atomic mass is 10.0. The lowest BCUT2D eigenvalue weighted by Gasteiger charge is -2.06. The van der Waals surface area contributed by atoms with Crippen LogP contribution in [0, 0.1) is 10.8 Å². The Morgan fingerprint density at radius 2 is 1.78 bits per heavy atom. The van der Waals surface area contributed by atoms with Gasteiger partial charge in [0.25, 0.3) is 5.91 Å². The van der Waals surface area contributed by atoms with Crippen LogP contribution in [0.1, 0.15) is 38.2 Å². The number of aromatic nitrogens is 2. The van der Waals surface area contributed by atoms with Gasteiger partial charge >= 0.3 is 0 Å². The maximum absolute atomic E-state index is 11.3. The molecule has 0 spiro atoms. The molecule has 5 heteroatoms. The number of nitrogens with one attached hydrogen (secondary N) is 2. The maximum atomic E-state index is 11.3. The molecule has 2 N–H and O–H groups in total. The number of amides is 1. The predicted molar refractivity (Wildman–Crippen MR) is 70.4 cm³/mol. The first kappa shape index (κ1) is 12.8. The van der Waals surface area contributed by atoms with E-state index in [2.05, 4.69) is 48.5 Å². The van der Waals surface area contributed by atoms with Crippen molar-refractivity contribution < 1.29 is 4.79 Å². The standard InChI is InChI=1S/C13H20N4O/c1-12(2)11(13(12,3)4)15-9-7-6-8(16-17-9)10(18)14-5/h6-7,11H,1-5H3,(H,14,18)(H,15,17). The van der Waals surface area contributed by atoms with Crippen molar-refractivity contribution >= 4 is 11.7 Å². The minimum atomic E-state index is -0.221. The molecule has 1 heterocycles.